The molecule has 0 spiro atoms. The van der Waals surface area contributed by atoms with Crippen LogP contribution in [0.15, 0.2) is 12.1 Å². The molecular weight excluding hydrogens is 279 g/mol. The Morgan fingerprint density at radius 3 is 2.47 bits per heavy atom. The van der Waals surface area contributed by atoms with Gasteiger partial charge in [0.15, 0.2) is 0 Å². The van der Waals surface area contributed by atoms with E-state index in [0.29, 0.717) is 44.0 Å². The van der Waals surface area contributed by atoms with Gasteiger partial charge in [-0.3, -0.25) is 4.90 Å². The Labute approximate surface area is 115 Å². The smallest absolute Gasteiger partial charge is 0.379 e. The summed E-state index contributed by atoms with van der Waals surface area (Å²) < 4.78 is 43.8. The van der Waals surface area contributed by atoms with Crippen molar-refractivity contribution in [3.63, 3.8) is 0 Å². The van der Waals surface area contributed by atoms with Gasteiger partial charge in [-0.15, -0.1) is 0 Å². The minimum atomic E-state index is -4.41. The van der Waals surface area contributed by atoms with Crippen molar-refractivity contribution in [3.8, 4) is 0 Å². The molecule has 0 radical (unpaired) electrons. The Balaban J connectivity index is 2.27. The second-order valence-electron chi connectivity index (χ2n) is 4.67. The van der Waals surface area contributed by atoms with Gasteiger partial charge in [0.25, 0.3) is 0 Å². The summed E-state index contributed by atoms with van der Waals surface area (Å²) in [7, 11) is 0. The highest BCUT2D eigenvalue weighted by Crippen LogP contribution is 2.37. The van der Waals surface area contributed by atoms with Crippen LogP contribution in [0, 0.1) is 6.92 Å². The molecule has 0 amide bonds. The van der Waals surface area contributed by atoms with Crippen molar-refractivity contribution >= 4 is 11.6 Å². The van der Waals surface area contributed by atoms with Crippen LogP contribution in [0.1, 0.15) is 16.7 Å². The zero-order chi connectivity index (χ0) is 14.0. The number of halogens is 4. The molecule has 1 fully saturated rings. The first-order valence-electron chi connectivity index (χ1n) is 6.04. The van der Waals surface area contributed by atoms with Gasteiger partial charge in [0.1, 0.15) is 0 Å². The molecule has 1 aliphatic rings. The number of morpholine rings is 1. The SMILES string of the molecule is Cc1cc(CN2CCOCC2)c(Cl)c(C(F)(F)F)c1. The largest absolute Gasteiger partial charge is 0.417 e. The molecule has 0 saturated carbocycles. The first kappa shape index (κ1) is 14.6. The first-order valence-corrected chi connectivity index (χ1v) is 6.42. The average Bonchev–Trinajstić information content (AvgIpc) is 2.33. The molecule has 2 rings (SSSR count). The minimum absolute atomic E-state index is 0.190. The molecule has 1 aliphatic heterocycles. The van der Waals surface area contributed by atoms with Gasteiger partial charge in [-0.25, -0.2) is 0 Å². The lowest BCUT2D eigenvalue weighted by molar-refractivity contribution is -0.137. The van der Waals surface area contributed by atoms with E-state index < -0.39 is 11.7 Å². The molecule has 1 aromatic rings. The molecule has 1 aromatic carbocycles. The number of hydrogen-bond acceptors (Lipinski definition) is 2. The Bertz CT molecular complexity index is 456. The summed E-state index contributed by atoms with van der Waals surface area (Å²) >= 11 is 5.91. The van der Waals surface area contributed by atoms with E-state index in [1.165, 1.54) is 0 Å². The maximum absolute atomic E-state index is 12.9. The molecule has 2 nitrogen and oxygen atoms in total. The quantitative estimate of drug-likeness (QED) is 0.827. The number of benzene rings is 1. The molecule has 0 N–H and O–H groups in total. The van der Waals surface area contributed by atoms with E-state index in [9.17, 15) is 13.2 Å². The van der Waals surface area contributed by atoms with Crippen molar-refractivity contribution in [3.05, 3.63) is 33.8 Å². The van der Waals surface area contributed by atoms with E-state index in [-0.39, 0.29) is 5.02 Å². The Hall–Kier alpha value is -0.780. The highest BCUT2D eigenvalue weighted by molar-refractivity contribution is 6.32. The molecular formula is C13H15ClF3NO. The molecule has 6 heteroatoms. The number of hydrogen-bond donors (Lipinski definition) is 0. The number of alkyl halides is 3. The highest BCUT2D eigenvalue weighted by Gasteiger charge is 2.34. The molecule has 0 bridgehead atoms. The summed E-state index contributed by atoms with van der Waals surface area (Å²) in [6.07, 6.45) is -4.41. The monoisotopic (exact) mass is 293 g/mol. The van der Waals surface area contributed by atoms with E-state index in [2.05, 4.69) is 0 Å². The number of nitrogens with zero attached hydrogens (tertiary/aromatic N) is 1. The minimum Gasteiger partial charge on any atom is -0.379 e. The summed E-state index contributed by atoms with van der Waals surface area (Å²) in [5, 5.41) is -0.190. The average molecular weight is 294 g/mol. The van der Waals surface area contributed by atoms with E-state index in [1.807, 2.05) is 4.90 Å². The molecule has 1 heterocycles. The topological polar surface area (TPSA) is 12.5 Å². The maximum atomic E-state index is 12.9. The van der Waals surface area contributed by atoms with Crippen LogP contribution >= 0.6 is 11.6 Å². The van der Waals surface area contributed by atoms with Gasteiger partial charge >= 0.3 is 6.18 Å². The van der Waals surface area contributed by atoms with Crippen LogP contribution in [-0.4, -0.2) is 31.2 Å². The van der Waals surface area contributed by atoms with Crippen LogP contribution in [0.4, 0.5) is 13.2 Å². The zero-order valence-corrected chi connectivity index (χ0v) is 11.3. The Morgan fingerprint density at radius 2 is 1.89 bits per heavy atom. The third kappa shape index (κ3) is 3.61. The highest BCUT2D eigenvalue weighted by atomic mass is 35.5. The molecule has 106 valence electrons. The van der Waals surface area contributed by atoms with Crippen LogP contribution in [0.25, 0.3) is 0 Å². The van der Waals surface area contributed by atoms with Crippen molar-refractivity contribution in [1.82, 2.24) is 4.90 Å². The van der Waals surface area contributed by atoms with Gasteiger partial charge in [-0.2, -0.15) is 13.2 Å². The number of ether oxygens (including phenoxy) is 1. The van der Waals surface area contributed by atoms with Gasteiger partial charge in [-0.1, -0.05) is 23.2 Å². The summed E-state index contributed by atoms with van der Waals surface area (Å²) in [5.41, 5.74) is 0.341. The number of rotatable bonds is 2. The third-order valence-electron chi connectivity index (χ3n) is 3.10. The maximum Gasteiger partial charge on any atom is 0.417 e. The summed E-state index contributed by atoms with van der Waals surface area (Å²) in [6, 6.07) is 2.80. The Morgan fingerprint density at radius 1 is 1.26 bits per heavy atom. The lowest BCUT2D eigenvalue weighted by Crippen LogP contribution is -2.35. The Kier molecular flexibility index (Phi) is 4.38. The van der Waals surface area contributed by atoms with Gasteiger partial charge in [0.2, 0.25) is 0 Å². The number of aryl methyl sites for hydroxylation is 1. The summed E-state index contributed by atoms with van der Waals surface area (Å²) in [5.74, 6) is 0. The predicted octanol–water partition coefficient (Wildman–Crippen LogP) is 3.50. The van der Waals surface area contributed by atoms with Gasteiger partial charge < -0.3 is 4.74 Å². The zero-order valence-electron chi connectivity index (χ0n) is 10.6. The van der Waals surface area contributed by atoms with E-state index >= 15 is 0 Å². The molecule has 1 saturated heterocycles. The normalized spacial score (nSPS) is 17.7. The second-order valence-corrected chi connectivity index (χ2v) is 5.05. The molecule has 0 aromatic heterocycles. The fraction of sp³-hybridized carbons (Fsp3) is 0.538. The fourth-order valence-electron chi connectivity index (χ4n) is 2.17. The van der Waals surface area contributed by atoms with Crippen LogP contribution in [0.3, 0.4) is 0 Å². The van der Waals surface area contributed by atoms with Crippen LogP contribution in [0.2, 0.25) is 5.02 Å². The molecule has 0 atom stereocenters. The van der Waals surface area contributed by atoms with E-state index in [4.69, 9.17) is 16.3 Å². The second kappa shape index (κ2) is 5.69. The van der Waals surface area contributed by atoms with Crippen molar-refractivity contribution < 1.29 is 17.9 Å². The van der Waals surface area contributed by atoms with Crippen molar-refractivity contribution in [2.75, 3.05) is 26.3 Å². The van der Waals surface area contributed by atoms with E-state index in [1.54, 1.807) is 13.0 Å². The van der Waals surface area contributed by atoms with Crippen molar-refractivity contribution in [2.45, 2.75) is 19.6 Å². The van der Waals surface area contributed by atoms with Gasteiger partial charge in [0, 0.05) is 19.6 Å². The standard InChI is InChI=1S/C13H15ClF3NO/c1-9-6-10(8-18-2-4-19-5-3-18)12(14)11(7-9)13(15,16)17/h6-7H,2-5,8H2,1H3. The lowest BCUT2D eigenvalue weighted by atomic mass is 10.1. The van der Waals surface area contributed by atoms with Crippen molar-refractivity contribution in [2.24, 2.45) is 0 Å². The summed E-state index contributed by atoms with van der Waals surface area (Å²) in [6.45, 7) is 4.71. The van der Waals surface area contributed by atoms with Gasteiger partial charge in [-0.05, 0) is 18.6 Å². The lowest BCUT2D eigenvalue weighted by Gasteiger charge is -2.27. The third-order valence-corrected chi connectivity index (χ3v) is 3.54. The van der Waals surface area contributed by atoms with E-state index in [0.717, 1.165) is 6.07 Å². The molecule has 0 unspecified atom stereocenters. The predicted molar refractivity (Wildman–Crippen MR) is 67.3 cm³/mol. The van der Waals surface area contributed by atoms with Crippen LogP contribution in [0.5, 0.6) is 0 Å². The van der Waals surface area contributed by atoms with Crippen molar-refractivity contribution in [1.29, 1.82) is 0 Å². The van der Waals surface area contributed by atoms with Crippen LogP contribution < -0.4 is 0 Å². The fourth-order valence-corrected chi connectivity index (χ4v) is 2.44. The van der Waals surface area contributed by atoms with Crippen LogP contribution in [-0.2, 0) is 17.5 Å². The molecule has 19 heavy (non-hydrogen) atoms. The van der Waals surface area contributed by atoms with Gasteiger partial charge in [0.05, 0.1) is 23.8 Å². The molecule has 0 aliphatic carbocycles. The summed E-state index contributed by atoms with van der Waals surface area (Å²) in [4.78, 5) is 2.05. The first-order chi connectivity index (χ1) is 8.88.